The zero-order chi connectivity index (χ0) is 18.4. The molecule has 2 aromatic carbocycles. The van der Waals surface area contributed by atoms with Crippen LogP contribution < -0.4 is 0 Å². The van der Waals surface area contributed by atoms with Gasteiger partial charge in [-0.2, -0.15) is 0 Å². The summed E-state index contributed by atoms with van der Waals surface area (Å²) in [4.78, 5) is 19.0. The minimum atomic E-state index is 0.0409. The van der Waals surface area contributed by atoms with Crippen LogP contribution in [0.3, 0.4) is 0 Å². The number of aromatic nitrogens is 1. The van der Waals surface area contributed by atoms with Crippen molar-refractivity contribution in [3.8, 4) is 0 Å². The number of carbonyl (C=O) groups excluding carboxylic acids is 1. The second-order valence-corrected chi connectivity index (χ2v) is 7.70. The van der Waals surface area contributed by atoms with Crippen LogP contribution in [0.15, 0.2) is 71.9 Å². The van der Waals surface area contributed by atoms with Crippen LogP contribution in [0.4, 0.5) is 0 Å². The smallest absolute Gasteiger partial charge is 0.251 e. The Balaban J connectivity index is 1.66. The van der Waals surface area contributed by atoms with E-state index in [9.17, 15) is 4.79 Å². The van der Waals surface area contributed by atoms with Gasteiger partial charge in [-0.1, -0.05) is 48.5 Å². The maximum Gasteiger partial charge on any atom is 0.251 e. The molecule has 5 rings (SSSR count). The predicted molar refractivity (Wildman–Crippen MR) is 108 cm³/mol. The molecule has 0 saturated carbocycles. The molecule has 1 amide bonds. The predicted octanol–water partition coefficient (Wildman–Crippen LogP) is 5.68. The lowest BCUT2D eigenvalue weighted by Crippen LogP contribution is -2.32. The van der Waals surface area contributed by atoms with Crippen molar-refractivity contribution < 1.29 is 4.79 Å². The number of benzene rings is 2. The van der Waals surface area contributed by atoms with Crippen LogP contribution in [0, 0.1) is 0 Å². The molecule has 3 nitrogen and oxygen atoms in total. The van der Waals surface area contributed by atoms with Gasteiger partial charge in [0.25, 0.3) is 5.91 Å². The Morgan fingerprint density at radius 3 is 2.59 bits per heavy atom. The van der Waals surface area contributed by atoms with E-state index in [-0.39, 0.29) is 18.0 Å². The first-order valence-electron chi connectivity index (χ1n) is 9.91. The fourth-order valence-corrected chi connectivity index (χ4v) is 4.87. The van der Waals surface area contributed by atoms with Gasteiger partial charge >= 0.3 is 0 Å². The van der Waals surface area contributed by atoms with Crippen molar-refractivity contribution in [3.63, 3.8) is 0 Å². The van der Waals surface area contributed by atoms with E-state index >= 15 is 0 Å². The minimum absolute atomic E-state index is 0.0409. The molecule has 0 spiro atoms. The van der Waals surface area contributed by atoms with Crippen molar-refractivity contribution in [2.75, 3.05) is 0 Å². The van der Waals surface area contributed by atoms with Gasteiger partial charge in [0.2, 0.25) is 0 Å². The fraction of sp³-hybridized carbons (Fsp3) is 0.292. The molecule has 1 aliphatic carbocycles. The van der Waals surface area contributed by atoms with Gasteiger partial charge in [0, 0.05) is 28.2 Å². The molecule has 3 aromatic rings. The number of hydrogen-bond donors (Lipinski definition) is 1. The summed E-state index contributed by atoms with van der Waals surface area (Å²) in [5.74, 6) is 0.233. The number of nitrogens with zero attached hydrogens (tertiary/aromatic N) is 1. The first kappa shape index (κ1) is 16.4. The van der Waals surface area contributed by atoms with Gasteiger partial charge in [0.15, 0.2) is 0 Å². The van der Waals surface area contributed by atoms with Gasteiger partial charge in [-0.15, -0.1) is 0 Å². The third kappa shape index (κ3) is 2.53. The van der Waals surface area contributed by atoms with E-state index in [1.165, 1.54) is 28.5 Å². The topological polar surface area (TPSA) is 36.1 Å². The van der Waals surface area contributed by atoms with Crippen LogP contribution in [-0.4, -0.2) is 15.8 Å². The van der Waals surface area contributed by atoms with Crippen molar-refractivity contribution in [1.82, 2.24) is 9.88 Å². The first-order chi connectivity index (χ1) is 13.3. The monoisotopic (exact) mass is 356 g/mol. The molecule has 0 fully saturated rings. The second-order valence-electron chi connectivity index (χ2n) is 7.70. The molecule has 0 radical (unpaired) electrons. The van der Waals surface area contributed by atoms with Crippen molar-refractivity contribution in [2.24, 2.45) is 0 Å². The maximum atomic E-state index is 13.5. The average molecular weight is 356 g/mol. The molecular formula is C24H24N2O. The molecule has 0 bridgehead atoms. The van der Waals surface area contributed by atoms with Crippen molar-refractivity contribution in [3.05, 3.63) is 83.1 Å². The molecule has 0 unspecified atom stereocenters. The zero-order valence-electron chi connectivity index (χ0n) is 15.6. The quantitative estimate of drug-likeness (QED) is 0.643. The van der Waals surface area contributed by atoms with E-state index in [0.717, 1.165) is 30.4 Å². The lowest BCUT2D eigenvalue weighted by Gasteiger charge is -2.33. The number of H-pyrrole nitrogens is 1. The van der Waals surface area contributed by atoms with E-state index in [0.29, 0.717) is 0 Å². The van der Waals surface area contributed by atoms with Crippen LogP contribution in [0.5, 0.6) is 0 Å². The van der Waals surface area contributed by atoms with E-state index < -0.39 is 0 Å². The van der Waals surface area contributed by atoms with Crippen LogP contribution in [0.25, 0.3) is 10.9 Å². The molecule has 3 heteroatoms. The van der Waals surface area contributed by atoms with E-state index in [1.807, 2.05) is 6.07 Å². The standard InChI is InChI=1S/C24H24N2O/c1-16(17-9-3-2-4-10-17)26-23(19-12-5-6-13-20(19)24(26)27)21-15-25-22-14-8-7-11-18(21)22/h2-4,7-11,14-16,23,25H,5-6,12-13H2,1H3/t16-,23-/m0/s1. The van der Waals surface area contributed by atoms with Crippen LogP contribution in [0.1, 0.15) is 55.8 Å². The Morgan fingerprint density at radius 2 is 1.74 bits per heavy atom. The normalized spacial score (nSPS) is 21.0. The van der Waals surface area contributed by atoms with Gasteiger partial charge in [-0.25, -0.2) is 0 Å². The molecule has 0 saturated heterocycles. The SMILES string of the molecule is C[C@@H](c1ccccc1)N1C(=O)C2=C(CCCC2)[C@H]1c1c[nH]c2ccccc12. The highest BCUT2D eigenvalue weighted by molar-refractivity contribution is 5.99. The fourth-order valence-electron chi connectivity index (χ4n) is 4.87. The Kier molecular flexibility index (Phi) is 3.89. The third-order valence-corrected chi connectivity index (χ3v) is 6.23. The molecule has 2 aliphatic rings. The summed E-state index contributed by atoms with van der Waals surface area (Å²) < 4.78 is 0. The van der Waals surface area contributed by atoms with Gasteiger partial charge < -0.3 is 9.88 Å². The van der Waals surface area contributed by atoms with E-state index in [1.54, 1.807) is 0 Å². The highest BCUT2D eigenvalue weighted by atomic mass is 16.2. The van der Waals surface area contributed by atoms with Gasteiger partial charge in [-0.05, 0) is 49.8 Å². The summed E-state index contributed by atoms with van der Waals surface area (Å²) in [6, 6.07) is 18.9. The molecule has 1 N–H and O–H groups in total. The number of rotatable bonds is 3. The Hall–Kier alpha value is -2.81. The number of nitrogens with one attached hydrogen (secondary N) is 1. The number of carbonyl (C=O) groups is 1. The highest BCUT2D eigenvalue weighted by Gasteiger charge is 2.43. The average Bonchev–Trinajstić information content (AvgIpc) is 3.27. The summed E-state index contributed by atoms with van der Waals surface area (Å²) in [7, 11) is 0. The molecule has 2 heterocycles. The van der Waals surface area contributed by atoms with Crippen molar-refractivity contribution in [2.45, 2.75) is 44.7 Å². The van der Waals surface area contributed by atoms with E-state index in [4.69, 9.17) is 0 Å². The zero-order valence-corrected chi connectivity index (χ0v) is 15.6. The van der Waals surface area contributed by atoms with Crippen LogP contribution >= 0.6 is 0 Å². The summed E-state index contributed by atoms with van der Waals surface area (Å²) in [6.07, 6.45) is 6.36. The molecule has 1 aliphatic heterocycles. The number of aromatic amines is 1. The number of fused-ring (bicyclic) bond motifs is 1. The van der Waals surface area contributed by atoms with Gasteiger partial charge in [-0.3, -0.25) is 4.79 Å². The van der Waals surface area contributed by atoms with Crippen LogP contribution in [-0.2, 0) is 4.79 Å². The minimum Gasteiger partial charge on any atom is -0.361 e. The largest absolute Gasteiger partial charge is 0.361 e. The summed E-state index contributed by atoms with van der Waals surface area (Å²) in [5, 5.41) is 1.22. The van der Waals surface area contributed by atoms with Crippen molar-refractivity contribution >= 4 is 16.8 Å². The lowest BCUT2D eigenvalue weighted by atomic mass is 9.87. The maximum absolute atomic E-state index is 13.5. The van der Waals surface area contributed by atoms with E-state index in [2.05, 4.69) is 71.5 Å². The summed E-state index contributed by atoms with van der Waals surface area (Å²) in [5.41, 5.74) is 5.97. The summed E-state index contributed by atoms with van der Waals surface area (Å²) in [6.45, 7) is 2.16. The summed E-state index contributed by atoms with van der Waals surface area (Å²) >= 11 is 0. The number of para-hydroxylation sites is 1. The Bertz CT molecular complexity index is 1030. The highest BCUT2D eigenvalue weighted by Crippen LogP contribution is 2.49. The van der Waals surface area contributed by atoms with Gasteiger partial charge in [0.05, 0.1) is 12.1 Å². The van der Waals surface area contributed by atoms with Crippen molar-refractivity contribution in [1.29, 1.82) is 0 Å². The Labute approximate surface area is 159 Å². The lowest BCUT2D eigenvalue weighted by molar-refractivity contribution is -0.129. The first-order valence-corrected chi connectivity index (χ1v) is 9.91. The number of hydrogen-bond acceptors (Lipinski definition) is 1. The Morgan fingerprint density at radius 1 is 1.00 bits per heavy atom. The molecule has 1 aromatic heterocycles. The van der Waals surface area contributed by atoms with Crippen LogP contribution in [0.2, 0.25) is 0 Å². The number of amides is 1. The third-order valence-electron chi connectivity index (χ3n) is 6.23. The second kappa shape index (κ2) is 6.41. The van der Waals surface area contributed by atoms with Gasteiger partial charge in [0.1, 0.15) is 0 Å². The molecular weight excluding hydrogens is 332 g/mol. The molecule has 136 valence electrons. The molecule has 2 atom stereocenters. The molecule has 27 heavy (non-hydrogen) atoms.